The van der Waals surface area contributed by atoms with E-state index in [0.717, 1.165) is 52.4 Å². The van der Waals surface area contributed by atoms with Crippen molar-refractivity contribution in [2.45, 2.75) is 0 Å². The van der Waals surface area contributed by atoms with Crippen LogP contribution in [0.2, 0.25) is 0 Å². The molecule has 0 bridgehead atoms. The second-order valence-electron chi connectivity index (χ2n) is 6.22. The molecule has 0 heterocycles. The third-order valence-electron chi connectivity index (χ3n) is 4.33. The maximum absolute atomic E-state index is 9.38. The van der Waals surface area contributed by atoms with Gasteiger partial charge in [-0.2, -0.15) is 0 Å². The zero-order chi connectivity index (χ0) is 19.5. The Morgan fingerprint density at radius 1 is 0.462 bits per heavy atom. The second kappa shape index (κ2) is 19.4. The number of rotatable bonds is 20. The van der Waals surface area contributed by atoms with Crippen molar-refractivity contribution in [3.05, 3.63) is 0 Å². The van der Waals surface area contributed by atoms with Crippen molar-refractivity contribution in [2.75, 3.05) is 120 Å². The molecule has 0 saturated carbocycles. The van der Waals surface area contributed by atoms with Gasteiger partial charge in [-0.15, -0.1) is 0 Å². The highest BCUT2D eigenvalue weighted by Crippen LogP contribution is 1.97. The number of aliphatic hydroxyl groups excluding tert-OH is 1. The third kappa shape index (κ3) is 14.8. The van der Waals surface area contributed by atoms with Crippen molar-refractivity contribution in [1.82, 2.24) is 14.7 Å². The predicted octanol–water partition coefficient (Wildman–Crippen LogP) is -0.530. The van der Waals surface area contributed by atoms with E-state index in [2.05, 4.69) is 14.7 Å². The topological polar surface area (TPSA) is 66.9 Å². The van der Waals surface area contributed by atoms with Crippen LogP contribution in [-0.2, 0) is 18.9 Å². The van der Waals surface area contributed by atoms with Crippen LogP contribution in [0.5, 0.6) is 0 Å². The van der Waals surface area contributed by atoms with Crippen molar-refractivity contribution >= 4 is 0 Å². The zero-order valence-corrected chi connectivity index (χ0v) is 17.3. The van der Waals surface area contributed by atoms with Gasteiger partial charge in [-0.05, 0) is 0 Å². The molecule has 0 spiro atoms. The Kier molecular flexibility index (Phi) is 19.2. The van der Waals surface area contributed by atoms with Crippen molar-refractivity contribution in [3.8, 4) is 0 Å². The molecule has 0 aromatic heterocycles. The molecule has 158 valence electrons. The quantitative estimate of drug-likeness (QED) is 0.303. The average Bonchev–Trinajstić information content (AvgIpc) is 2.66. The number of methoxy groups -OCH3 is 4. The van der Waals surface area contributed by atoms with Crippen molar-refractivity contribution in [3.63, 3.8) is 0 Å². The molecular weight excluding hydrogens is 338 g/mol. The van der Waals surface area contributed by atoms with Crippen LogP contribution >= 0.6 is 0 Å². The number of hydrogen-bond donors (Lipinski definition) is 1. The minimum atomic E-state index is 0.173. The molecule has 0 fully saturated rings. The third-order valence-corrected chi connectivity index (χ3v) is 4.33. The molecule has 0 aromatic carbocycles. The van der Waals surface area contributed by atoms with E-state index < -0.39 is 0 Å². The van der Waals surface area contributed by atoms with Crippen molar-refractivity contribution in [1.29, 1.82) is 0 Å². The van der Waals surface area contributed by atoms with Crippen LogP contribution < -0.4 is 0 Å². The Bertz CT molecular complexity index is 248. The minimum absolute atomic E-state index is 0.173. The molecule has 0 aromatic rings. The summed E-state index contributed by atoms with van der Waals surface area (Å²) >= 11 is 0. The highest BCUT2D eigenvalue weighted by atomic mass is 16.5. The van der Waals surface area contributed by atoms with Crippen molar-refractivity contribution < 1.29 is 24.1 Å². The highest BCUT2D eigenvalue weighted by Gasteiger charge is 2.11. The van der Waals surface area contributed by atoms with E-state index in [-0.39, 0.29) is 6.61 Å². The standard InChI is InChI=1S/C18H41N3O5/c1-23-15-10-20(11-16-24-2)7-5-19(9-14-22)6-8-21(12-17-25-3)13-18-26-4/h22H,5-18H2,1-4H3. The summed E-state index contributed by atoms with van der Waals surface area (Å²) in [6.45, 7) is 11.0. The van der Waals surface area contributed by atoms with Crippen LogP contribution in [0.1, 0.15) is 0 Å². The minimum Gasteiger partial charge on any atom is -0.395 e. The van der Waals surface area contributed by atoms with Crippen LogP contribution in [0.25, 0.3) is 0 Å². The molecule has 26 heavy (non-hydrogen) atoms. The molecule has 1 N–H and O–H groups in total. The van der Waals surface area contributed by atoms with Crippen LogP contribution in [0.3, 0.4) is 0 Å². The fourth-order valence-electron chi connectivity index (χ4n) is 2.59. The van der Waals surface area contributed by atoms with E-state index in [0.29, 0.717) is 33.0 Å². The number of nitrogens with zero attached hydrogens (tertiary/aromatic N) is 3. The zero-order valence-electron chi connectivity index (χ0n) is 17.3. The molecule has 8 heteroatoms. The van der Waals surface area contributed by atoms with Gasteiger partial charge in [-0.1, -0.05) is 0 Å². The molecule has 0 atom stereocenters. The van der Waals surface area contributed by atoms with Gasteiger partial charge in [-0.25, -0.2) is 0 Å². The van der Waals surface area contributed by atoms with E-state index in [1.807, 2.05) is 0 Å². The van der Waals surface area contributed by atoms with E-state index >= 15 is 0 Å². The molecule has 8 nitrogen and oxygen atoms in total. The fraction of sp³-hybridized carbons (Fsp3) is 1.00. The Morgan fingerprint density at radius 3 is 0.962 bits per heavy atom. The number of aliphatic hydroxyl groups is 1. The van der Waals surface area contributed by atoms with Gasteiger partial charge in [0.05, 0.1) is 33.0 Å². The van der Waals surface area contributed by atoms with Gasteiger partial charge in [0.25, 0.3) is 0 Å². The lowest BCUT2D eigenvalue weighted by molar-refractivity contribution is 0.0885. The first kappa shape index (κ1) is 25.7. The van der Waals surface area contributed by atoms with Gasteiger partial charge >= 0.3 is 0 Å². The van der Waals surface area contributed by atoms with E-state index in [1.54, 1.807) is 28.4 Å². The predicted molar refractivity (Wildman–Crippen MR) is 104 cm³/mol. The first-order valence-corrected chi connectivity index (χ1v) is 9.45. The average molecular weight is 380 g/mol. The molecule has 0 aliphatic rings. The smallest absolute Gasteiger partial charge is 0.0589 e. The summed E-state index contributed by atoms with van der Waals surface area (Å²) < 4.78 is 20.8. The van der Waals surface area contributed by atoms with Crippen LogP contribution in [0, 0.1) is 0 Å². The summed E-state index contributed by atoms with van der Waals surface area (Å²) in [5.74, 6) is 0. The van der Waals surface area contributed by atoms with Gasteiger partial charge in [0, 0.05) is 87.3 Å². The Hall–Kier alpha value is -0.320. The Morgan fingerprint density at radius 2 is 0.731 bits per heavy atom. The summed E-state index contributed by atoms with van der Waals surface area (Å²) in [7, 11) is 6.89. The highest BCUT2D eigenvalue weighted by molar-refractivity contribution is 4.67. The number of hydrogen-bond acceptors (Lipinski definition) is 8. The molecule has 0 amide bonds. The monoisotopic (exact) mass is 379 g/mol. The van der Waals surface area contributed by atoms with Gasteiger partial charge in [0.1, 0.15) is 0 Å². The maximum atomic E-state index is 9.38. The lowest BCUT2D eigenvalue weighted by Crippen LogP contribution is -2.43. The molecule has 0 aliphatic heterocycles. The molecule has 0 radical (unpaired) electrons. The van der Waals surface area contributed by atoms with E-state index in [4.69, 9.17) is 18.9 Å². The Balaban J connectivity index is 4.38. The van der Waals surface area contributed by atoms with Gasteiger partial charge in [0.15, 0.2) is 0 Å². The molecule has 0 unspecified atom stereocenters. The van der Waals surface area contributed by atoms with Gasteiger partial charge in [-0.3, -0.25) is 14.7 Å². The first-order chi connectivity index (χ1) is 12.7. The SMILES string of the molecule is COCCN(CCOC)CCN(CCO)CCN(CCOC)CCOC. The lowest BCUT2D eigenvalue weighted by atomic mass is 10.3. The Labute approximate surface area is 159 Å². The summed E-state index contributed by atoms with van der Waals surface area (Å²) in [5.41, 5.74) is 0. The van der Waals surface area contributed by atoms with E-state index in [9.17, 15) is 5.11 Å². The molecule has 0 rings (SSSR count). The first-order valence-electron chi connectivity index (χ1n) is 9.45. The van der Waals surface area contributed by atoms with Crippen molar-refractivity contribution in [2.24, 2.45) is 0 Å². The largest absolute Gasteiger partial charge is 0.395 e. The lowest BCUT2D eigenvalue weighted by Gasteiger charge is -2.29. The second-order valence-corrected chi connectivity index (χ2v) is 6.22. The summed E-state index contributed by atoms with van der Waals surface area (Å²) in [6.07, 6.45) is 0. The van der Waals surface area contributed by atoms with Crippen LogP contribution in [0.4, 0.5) is 0 Å². The van der Waals surface area contributed by atoms with Gasteiger partial charge < -0.3 is 24.1 Å². The van der Waals surface area contributed by atoms with E-state index in [1.165, 1.54) is 0 Å². The molecule has 0 saturated heterocycles. The summed E-state index contributed by atoms with van der Waals surface area (Å²) in [4.78, 5) is 6.98. The van der Waals surface area contributed by atoms with Gasteiger partial charge in [0.2, 0.25) is 0 Å². The maximum Gasteiger partial charge on any atom is 0.0589 e. The molecule has 0 aliphatic carbocycles. The fourth-order valence-corrected chi connectivity index (χ4v) is 2.59. The molecular formula is C18H41N3O5. The van der Waals surface area contributed by atoms with Crippen LogP contribution in [0.15, 0.2) is 0 Å². The summed E-state index contributed by atoms with van der Waals surface area (Å²) in [5, 5.41) is 9.38. The summed E-state index contributed by atoms with van der Waals surface area (Å²) in [6, 6.07) is 0. The van der Waals surface area contributed by atoms with Crippen LogP contribution in [-0.4, -0.2) is 140 Å². The normalized spacial score (nSPS) is 12.0. The number of ether oxygens (including phenoxy) is 4.